The number of aryl methyl sites for hydroxylation is 1. The van der Waals surface area contributed by atoms with Crippen LogP contribution in [0.1, 0.15) is 34.6 Å². The SMILES string of the molecule is Cc1cc(C(=O)OCC(=O)N[C@H](C)c2ccc(Cl)c(Cl)c2)c2ccccc2n1. The van der Waals surface area contributed by atoms with Gasteiger partial charge in [0, 0.05) is 11.1 Å². The van der Waals surface area contributed by atoms with Gasteiger partial charge >= 0.3 is 5.97 Å². The van der Waals surface area contributed by atoms with Crippen molar-refractivity contribution in [1.82, 2.24) is 10.3 Å². The molecular weight excluding hydrogens is 399 g/mol. The van der Waals surface area contributed by atoms with Gasteiger partial charge in [0.2, 0.25) is 0 Å². The Hall–Kier alpha value is -2.63. The summed E-state index contributed by atoms with van der Waals surface area (Å²) in [6.45, 7) is 3.22. The van der Waals surface area contributed by atoms with Crippen LogP contribution in [-0.4, -0.2) is 23.5 Å². The number of fused-ring (bicyclic) bond motifs is 1. The van der Waals surface area contributed by atoms with Crippen molar-refractivity contribution in [1.29, 1.82) is 0 Å². The van der Waals surface area contributed by atoms with Gasteiger partial charge in [-0.05, 0) is 43.7 Å². The van der Waals surface area contributed by atoms with Gasteiger partial charge in [-0.2, -0.15) is 0 Å². The third-order valence-corrected chi connectivity index (χ3v) is 4.96. The zero-order valence-electron chi connectivity index (χ0n) is 15.3. The van der Waals surface area contributed by atoms with Crippen LogP contribution in [-0.2, 0) is 9.53 Å². The molecule has 0 bridgehead atoms. The molecule has 1 heterocycles. The number of hydrogen-bond acceptors (Lipinski definition) is 4. The smallest absolute Gasteiger partial charge is 0.339 e. The molecule has 0 saturated heterocycles. The molecule has 0 aliphatic carbocycles. The van der Waals surface area contributed by atoms with Crippen molar-refractivity contribution in [2.75, 3.05) is 6.61 Å². The van der Waals surface area contributed by atoms with Gasteiger partial charge in [-0.15, -0.1) is 0 Å². The second-order valence-electron chi connectivity index (χ2n) is 6.37. The third kappa shape index (κ3) is 4.61. The largest absolute Gasteiger partial charge is 0.452 e. The second kappa shape index (κ2) is 8.59. The third-order valence-electron chi connectivity index (χ3n) is 4.22. The molecule has 3 aromatic rings. The summed E-state index contributed by atoms with van der Waals surface area (Å²) >= 11 is 11.9. The fourth-order valence-electron chi connectivity index (χ4n) is 2.83. The first kappa shape index (κ1) is 20.1. The van der Waals surface area contributed by atoms with Crippen LogP contribution in [0.4, 0.5) is 0 Å². The Morgan fingerprint density at radius 1 is 1.11 bits per heavy atom. The number of para-hydroxylation sites is 1. The molecule has 1 N–H and O–H groups in total. The fraction of sp³-hybridized carbons (Fsp3) is 0.190. The molecule has 144 valence electrons. The van der Waals surface area contributed by atoms with Crippen LogP contribution in [0.3, 0.4) is 0 Å². The van der Waals surface area contributed by atoms with Crippen LogP contribution < -0.4 is 5.32 Å². The zero-order chi connectivity index (χ0) is 20.3. The summed E-state index contributed by atoms with van der Waals surface area (Å²) < 4.78 is 5.21. The van der Waals surface area contributed by atoms with E-state index in [4.69, 9.17) is 27.9 Å². The molecule has 28 heavy (non-hydrogen) atoms. The summed E-state index contributed by atoms with van der Waals surface area (Å²) in [4.78, 5) is 29.1. The number of pyridine rings is 1. The van der Waals surface area contributed by atoms with E-state index >= 15 is 0 Å². The zero-order valence-corrected chi connectivity index (χ0v) is 16.8. The van der Waals surface area contributed by atoms with E-state index in [1.165, 1.54) is 0 Å². The number of nitrogens with zero attached hydrogens (tertiary/aromatic N) is 1. The highest BCUT2D eigenvalue weighted by atomic mass is 35.5. The van der Waals surface area contributed by atoms with Gasteiger partial charge in [0.15, 0.2) is 6.61 Å². The van der Waals surface area contributed by atoms with Gasteiger partial charge in [-0.1, -0.05) is 47.5 Å². The molecule has 7 heteroatoms. The lowest BCUT2D eigenvalue weighted by Gasteiger charge is -2.15. The quantitative estimate of drug-likeness (QED) is 0.601. The molecule has 3 rings (SSSR count). The first-order valence-corrected chi connectivity index (χ1v) is 9.38. The number of ether oxygens (including phenoxy) is 1. The summed E-state index contributed by atoms with van der Waals surface area (Å²) in [6.07, 6.45) is 0. The molecular formula is C21H18Cl2N2O3. The first-order valence-electron chi connectivity index (χ1n) is 8.63. The van der Waals surface area contributed by atoms with Crippen LogP contribution in [0.25, 0.3) is 10.9 Å². The number of amides is 1. The molecule has 5 nitrogen and oxygen atoms in total. The number of aromatic nitrogens is 1. The minimum Gasteiger partial charge on any atom is -0.452 e. The molecule has 0 saturated carbocycles. The number of rotatable bonds is 5. The van der Waals surface area contributed by atoms with Gasteiger partial charge in [0.05, 0.1) is 27.2 Å². The van der Waals surface area contributed by atoms with E-state index in [1.807, 2.05) is 18.2 Å². The molecule has 0 unspecified atom stereocenters. The number of benzene rings is 2. The lowest BCUT2D eigenvalue weighted by atomic mass is 10.1. The van der Waals surface area contributed by atoms with Crippen molar-refractivity contribution in [3.63, 3.8) is 0 Å². The summed E-state index contributed by atoms with van der Waals surface area (Å²) in [5, 5.41) is 4.30. The Labute approximate surface area is 172 Å². The highest BCUT2D eigenvalue weighted by Gasteiger charge is 2.16. The number of carbonyl (C=O) groups is 2. The summed E-state index contributed by atoms with van der Waals surface area (Å²) in [5.41, 5.74) is 2.58. The van der Waals surface area contributed by atoms with Crippen LogP contribution in [0.5, 0.6) is 0 Å². The van der Waals surface area contributed by atoms with Crippen molar-refractivity contribution in [3.05, 3.63) is 75.4 Å². The topological polar surface area (TPSA) is 68.3 Å². The lowest BCUT2D eigenvalue weighted by molar-refractivity contribution is -0.124. The first-order chi connectivity index (χ1) is 13.3. The monoisotopic (exact) mass is 416 g/mol. The van der Waals surface area contributed by atoms with Crippen LogP contribution in [0.15, 0.2) is 48.5 Å². The molecule has 0 radical (unpaired) electrons. The minimum atomic E-state index is -0.570. The normalized spacial score (nSPS) is 11.9. The summed E-state index contributed by atoms with van der Waals surface area (Å²) in [7, 11) is 0. The Kier molecular flexibility index (Phi) is 6.17. The molecule has 0 aliphatic rings. The lowest BCUT2D eigenvalue weighted by Crippen LogP contribution is -2.31. The molecule has 1 atom stereocenters. The predicted molar refractivity (Wildman–Crippen MR) is 110 cm³/mol. The van der Waals surface area contributed by atoms with Crippen molar-refractivity contribution in [3.8, 4) is 0 Å². The second-order valence-corrected chi connectivity index (χ2v) is 7.18. The van der Waals surface area contributed by atoms with E-state index < -0.39 is 11.9 Å². The number of hydrogen-bond donors (Lipinski definition) is 1. The number of carbonyl (C=O) groups excluding carboxylic acids is 2. The number of nitrogens with one attached hydrogen (secondary N) is 1. The molecule has 1 amide bonds. The Morgan fingerprint density at radius 3 is 2.61 bits per heavy atom. The van der Waals surface area contributed by atoms with E-state index in [9.17, 15) is 9.59 Å². The Bertz CT molecular complexity index is 1050. The number of esters is 1. The molecule has 2 aromatic carbocycles. The van der Waals surface area contributed by atoms with E-state index in [1.54, 1.807) is 44.2 Å². The van der Waals surface area contributed by atoms with Crippen molar-refractivity contribution in [2.45, 2.75) is 19.9 Å². The van der Waals surface area contributed by atoms with Gasteiger partial charge in [0.1, 0.15) is 0 Å². The minimum absolute atomic E-state index is 0.315. The van der Waals surface area contributed by atoms with Crippen molar-refractivity contribution < 1.29 is 14.3 Å². The fourth-order valence-corrected chi connectivity index (χ4v) is 3.14. The Balaban J connectivity index is 1.64. The average Bonchev–Trinajstić information content (AvgIpc) is 2.67. The highest BCUT2D eigenvalue weighted by molar-refractivity contribution is 6.42. The van der Waals surface area contributed by atoms with Gasteiger partial charge in [-0.25, -0.2) is 4.79 Å². The average molecular weight is 417 g/mol. The number of halogens is 2. The van der Waals surface area contributed by atoms with Gasteiger partial charge in [-0.3, -0.25) is 9.78 Å². The highest BCUT2D eigenvalue weighted by Crippen LogP contribution is 2.25. The maximum absolute atomic E-state index is 12.5. The van der Waals surface area contributed by atoms with E-state index in [0.717, 1.165) is 5.56 Å². The van der Waals surface area contributed by atoms with E-state index in [2.05, 4.69) is 10.3 Å². The summed E-state index contributed by atoms with van der Waals surface area (Å²) in [5.74, 6) is -0.985. The van der Waals surface area contributed by atoms with Gasteiger partial charge in [0.25, 0.3) is 5.91 Å². The Morgan fingerprint density at radius 2 is 1.86 bits per heavy atom. The van der Waals surface area contributed by atoms with Crippen LogP contribution in [0.2, 0.25) is 10.0 Å². The van der Waals surface area contributed by atoms with Gasteiger partial charge < -0.3 is 10.1 Å². The molecule has 0 spiro atoms. The van der Waals surface area contributed by atoms with Crippen LogP contribution >= 0.6 is 23.2 Å². The van der Waals surface area contributed by atoms with Crippen LogP contribution in [0, 0.1) is 6.92 Å². The van der Waals surface area contributed by atoms with Crippen molar-refractivity contribution in [2.24, 2.45) is 0 Å². The summed E-state index contributed by atoms with van der Waals surface area (Å²) in [6, 6.07) is 13.8. The van der Waals surface area contributed by atoms with Crippen molar-refractivity contribution >= 4 is 46.0 Å². The van der Waals surface area contributed by atoms with E-state index in [0.29, 0.717) is 32.2 Å². The molecule has 0 fully saturated rings. The maximum atomic E-state index is 12.5. The molecule has 1 aromatic heterocycles. The molecule has 0 aliphatic heterocycles. The predicted octanol–water partition coefficient (Wildman–Crippen LogP) is 4.88. The maximum Gasteiger partial charge on any atom is 0.339 e. The standard InChI is InChI=1S/C21H18Cl2N2O3/c1-12-9-16(15-5-3-4-6-19(15)24-12)21(27)28-11-20(26)25-13(2)14-7-8-17(22)18(23)10-14/h3-10,13H,11H2,1-2H3,(H,25,26)/t13-/m1/s1. The van der Waals surface area contributed by atoms with E-state index in [-0.39, 0.29) is 12.6 Å².